The van der Waals surface area contributed by atoms with Crippen LogP contribution >= 0.6 is 0 Å². The van der Waals surface area contributed by atoms with Crippen LogP contribution in [0.2, 0.25) is 0 Å². The molecule has 1 aliphatic rings. The Hall–Kier alpha value is -1.57. The fraction of sp³-hybridized carbons (Fsp3) is 0.636. The van der Waals surface area contributed by atoms with Gasteiger partial charge in [0.1, 0.15) is 0 Å². The zero-order valence-corrected chi connectivity index (χ0v) is 9.87. The molecule has 0 bridgehead atoms. The van der Waals surface area contributed by atoms with Gasteiger partial charge in [-0.05, 0) is 19.3 Å². The molecule has 0 radical (unpaired) electrons. The Bertz CT molecular complexity index is 463. The minimum Gasteiger partial charge on any atom is -0.475 e. The average Bonchev–Trinajstić information content (AvgIpc) is 2.94. The third-order valence-electron chi connectivity index (χ3n) is 2.84. The van der Waals surface area contributed by atoms with Crippen LogP contribution in [0.25, 0.3) is 0 Å². The number of hydrogen-bond donors (Lipinski definition) is 1. The lowest BCUT2D eigenvalue weighted by Crippen LogP contribution is -2.12. The molecule has 1 aromatic heterocycles. The Labute approximate surface area is 106 Å². The fourth-order valence-corrected chi connectivity index (χ4v) is 1.96. The minimum atomic E-state index is -4.83. The minimum absolute atomic E-state index is 0.0190. The Morgan fingerprint density at radius 3 is 2.68 bits per heavy atom. The maximum absolute atomic E-state index is 12.6. The molecule has 1 fully saturated rings. The molecule has 8 heteroatoms. The summed E-state index contributed by atoms with van der Waals surface area (Å²) in [7, 11) is 0. The van der Waals surface area contributed by atoms with Crippen molar-refractivity contribution in [3.05, 3.63) is 17.3 Å². The van der Waals surface area contributed by atoms with Gasteiger partial charge in [-0.1, -0.05) is 0 Å². The van der Waals surface area contributed by atoms with Crippen LogP contribution in [-0.4, -0.2) is 28.8 Å². The summed E-state index contributed by atoms with van der Waals surface area (Å²) in [6.07, 6.45) is -2.49. The van der Waals surface area contributed by atoms with Gasteiger partial charge in [0, 0.05) is 13.0 Å². The van der Waals surface area contributed by atoms with Gasteiger partial charge in [-0.25, -0.2) is 9.78 Å². The highest BCUT2D eigenvalue weighted by atomic mass is 19.4. The molecule has 1 unspecified atom stereocenters. The second kappa shape index (κ2) is 5.20. The van der Waals surface area contributed by atoms with Crippen molar-refractivity contribution in [1.82, 2.24) is 4.98 Å². The first-order valence-corrected chi connectivity index (χ1v) is 5.79. The van der Waals surface area contributed by atoms with Crippen molar-refractivity contribution in [3.63, 3.8) is 0 Å². The fourth-order valence-electron chi connectivity index (χ4n) is 1.96. The SMILES string of the molecule is O=C(O)c1oc(CCC2CCCO2)nc1C(F)(F)F. The number of nitrogens with zero attached hydrogens (tertiary/aromatic N) is 1. The van der Waals surface area contributed by atoms with Gasteiger partial charge in [0.25, 0.3) is 0 Å². The first-order chi connectivity index (χ1) is 8.88. The van der Waals surface area contributed by atoms with Gasteiger partial charge in [0.05, 0.1) is 6.10 Å². The predicted molar refractivity (Wildman–Crippen MR) is 55.8 cm³/mol. The molecule has 5 nitrogen and oxygen atoms in total. The summed E-state index contributed by atoms with van der Waals surface area (Å²) >= 11 is 0. The Morgan fingerprint density at radius 1 is 1.47 bits per heavy atom. The predicted octanol–water partition coefficient (Wildman–Crippen LogP) is 2.50. The van der Waals surface area contributed by atoms with E-state index < -0.39 is 23.6 Å². The van der Waals surface area contributed by atoms with Crippen molar-refractivity contribution in [2.75, 3.05) is 6.61 Å². The molecule has 1 N–H and O–H groups in total. The van der Waals surface area contributed by atoms with Gasteiger partial charge >= 0.3 is 12.1 Å². The molecule has 1 saturated heterocycles. The van der Waals surface area contributed by atoms with Crippen molar-refractivity contribution >= 4 is 5.97 Å². The molecule has 0 amide bonds. The van der Waals surface area contributed by atoms with Crippen molar-refractivity contribution in [1.29, 1.82) is 0 Å². The van der Waals surface area contributed by atoms with E-state index in [-0.39, 0.29) is 18.4 Å². The first-order valence-electron chi connectivity index (χ1n) is 5.79. The quantitative estimate of drug-likeness (QED) is 0.916. The topological polar surface area (TPSA) is 72.6 Å². The van der Waals surface area contributed by atoms with Crippen LogP contribution in [-0.2, 0) is 17.3 Å². The molecule has 1 aromatic rings. The maximum Gasteiger partial charge on any atom is 0.437 e. The lowest BCUT2D eigenvalue weighted by molar-refractivity contribution is -0.141. The van der Waals surface area contributed by atoms with E-state index in [0.29, 0.717) is 13.0 Å². The lowest BCUT2D eigenvalue weighted by Gasteiger charge is -2.06. The second-order valence-corrected chi connectivity index (χ2v) is 4.26. The van der Waals surface area contributed by atoms with Crippen molar-refractivity contribution in [2.45, 2.75) is 38.0 Å². The van der Waals surface area contributed by atoms with E-state index in [4.69, 9.17) is 9.84 Å². The summed E-state index contributed by atoms with van der Waals surface area (Å²) < 4.78 is 47.7. The molecular formula is C11H12F3NO4. The summed E-state index contributed by atoms with van der Waals surface area (Å²) in [5.41, 5.74) is -1.48. The van der Waals surface area contributed by atoms with E-state index in [9.17, 15) is 18.0 Å². The third-order valence-corrected chi connectivity index (χ3v) is 2.84. The number of halogens is 3. The van der Waals surface area contributed by atoms with E-state index >= 15 is 0 Å². The highest BCUT2D eigenvalue weighted by molar-refractivity contribution is 5.85. The molecule has 0 aromatic carbocycles. The summed E-state index contributed by atoms with van der Waals surface area (Å²) in [5, 5.41) is 8.66. The van der Waals surface area contributed by atoms with Crippen LogP contribution < -0.4 is 0 Å². The Morgan fingerprint density at radius 2 is 2.21 bits per heavy atom. The maximum atomic E-state index is 12.6. The van der Waals surface area contributed by atoms with Gasteiger partial charge in [-0.15, -0.1) is 0 Å². The summed E-state index contributed by atoms with van der Waals surface area (Å²) in [4.78, 5) is 13.9. The van der Waals surface area contributed by atoms with E-state index in [2.05, 4.69) is 9.40 Å². The summed E-state index contributed by atoms with van der Waals surface area (Å²) in [6.45, 7) is 0.643. The standard InChI is InChI=1S/C11H12F3NO4/c12-11(13,14)9-8(10(16)17)19-7(15-9)4-3-6-2-1-5-18-6/h6H,1-5H2,(H,16,17). The van der Waals surface area contributed by atoms with E-state index in [1.807, 2.05) is 0 Å². The van der Waals surface area contributed by atoms with Crippen LogP contribution in [0.5, 0.6) is 0 Å². The molecule has 106 valence electrons. The average molecular weight is 279 g/mol. The van der Waals surface area contributed by atoms with Crippen LogP contribution in [0.15, 0.2) is 4.42 Å². The van der Waals surface area contributed by atoms with Crippen LogP contribution in [0, 0.1) is 0 Å². The number of ether oxygens (including phenoxy) is 1. The number of carboxylic acid groups (broad SMARTS) is 1. The smallest absolute Gasteiger partial charge is 0.437 e. The molecule has 1 atom stereocenters. The first kappa shape index (κ1) is 13.9. The molecule has 19 heavy (non-hydrogen) atoms. The van der Waals surface area contributed by atoms with Crippen molar-refractivity contribution in [2.24, 2.45) is 0 Å². The zero-order chi connectivity index (χ0) is 14.0. The molecule has 0 spiro atoms. The number of carboxylic acids is 1. The number of aromatic carboxylic acids is 1. The number of carbonyl (C=O) groups is 1. The number of aryl methyl sites for hydroxylation is 1. The number of aromatic nitrogens is 1. The third kappa shape index (κ3) is 3.25. The van der Waals surface area contributed by atoms with Gasteiger partial charge in [-0.3, -0.25) is 0 Å². The Balaban J connectivity index is 2.11. The van der Waals surface area contributed by atoms with Gasteiger partial charge < -0.3 is 14.3 Å². The second-order valence-electron chi connectivity index (χ2n) is 4.26. The number of rotatable bonds is 4. The van der Waals surface area contributed by atoms with Crippen LogP contribution in [0.3, 0.4) is 0 Å². The highest BCUT2D eigenvalue weighted by Crippen LogP contribution is 2.32. The highest BCUT2D eigenvalue weighted by Gasteiger charge is 2.41. The normalized spacial score (nSPS) is 19.8. The monoisotopic (exact) mass is 279 g/mol. The van der Waals surface area contributed by atoms with Gasteiger partial charge in [0.15, 0.2) is 11.6 Å². The molecule has 1 aliphatic heterocycles. The number of hydrogen-bond acceptors (Lipinski definition) is 4. The van der Waals surface area contributed by atoms with Crippen LogP contribution in [0.4, 0.5) is 13.2 Å². The molecule has 2 heterocycles. The molecule has 0 aliphatic carbocycles. The van der Waals surface area contributed by atoms with Crippen molar-refractivity contribution < 1.29 is 32.2 Å². The summed E-state index contributed by atoms with van der Waals surface area (Å²) in [5.74, 6) is -3.15. The lowest BCUT2D eigenvalue weighted by atomic mass is 10.1. The van der Waals surface area contributed by atoms with Crippen LogP contribution in [0.1, 0.15) is 41.4 Å². The molecular weight excluding hydrogens is 267 g/mol. The zero-order valence-electron chi connectivity index (χ0n) is 9.87. The van der Waals surface area contributed by atoms with E-state index in [1.54, 1.807) is 0 Å². The van der Waals surface area contributed by atoms with Gasteiger partial charge in [-0.2, -0.15) is 13.2 Å². The number of alkyl halides is 3. The largest absolute Gasteiger partial charge is 0.475 e. The van der Waals surface area contributed by atoms with E-state index in [1.165, 1.54) is 0 Å². The van der Waals surface area contributed by atoms with E-state index in [0.717, 1.165) is 12.8 Å². The molecule has 2 rings (SSSR count). The number of oxazole rings is 1. The summed E-state index contributed by atoms with van der Waals surface area (Å²) in [6, 6.07) is 0. The van der Waals surface area contributed by atoms with Gasteiger partial charge in [0.2, 0.25) is 5.76 Å². The van der Waals surface area contributed by atoms with Crippen molar-refractivity contribution in [3.8, 4) is 0 Å². The molecule has 0 saturated carbocycles. The Kier molecular flexibility index (Phi) is 3.79.